The fraction of sp³-hybridized carbons (Fsp3) is 0.447. The van der Waals surface area contributed by atoms with Gasteiger partial charge in [-0.15, -0.1) is 0 Å². The zero-order valence-corrected chi connectivity index (χ0v) is 31.4. The van der Waals surface area contributed by atoms with E-state index in [0.29, 0.717) is 29.3 Å². The van der Waals surface area contributed by atoms with Crippen LogP contribution in [0.1, 0.15) is 161 Å². The Kier molecular flexibility index (Phi) is 5.60. The van der Waals surface area contributed by atoms with Crippen LogP contribution in [0.25, 0.3) is 49.2 Å². The van der Waals surface area contributed by atoms with Crippen molar-refractivity contribution >= 4 is 49.7 Å². The molecule has 3 nitrogen and oxygen atoms in total. The molecule has 2 fully saturated rings. The molecular formula is C47H49NO2. The first-order valence-electron chi connectivity index (χ1n) is 19.1. The zero-order valence-electron chi connectivity index (χ0n) is 31.4. The van der Waals surface area contributed by atoms with Crippen molar-refractivity contribution in [3.63, 3.8) is 0 Å². The van der Waals surface area contributed by atoms with Crippen molar-refractivity contribution in [2.24, 2.45) is 10.8 Å². The normalized spacial score (nSPS) is 28.4. The first kappa shape index (κ1) is 30.8. The molecule has 12 rings (SSSR count). The predicted octanol–water partition coefficient (Wildman–Crippen LogP) is 12.4. The van der Waals surface area contributed by atoms with Crippen molar-refractivity contribution in [1.82, 2.24) is 4.40 Å². The largest absolute Gasteiger partial charge is 0.308 e. The van der Waals surface area contributed by atoms with E-state index in [-0.39, 0.29) is 21.7 Å². The van der Waals surface area contributed by atoms with Crippen molar-refractivity contribution in [2.45, 2.75) is 124 Å². The molecule has 2 heterocycles. The molecule has 0 aliphatic heterocycles. The summed E-state index contributed by atoms with van der Waals surface area (Å²) < 4.78 is 2.41. The van der Waals surface area contributed by atoms with Crippen LogP contribution in [-0.2, 0) is 10.8 Å². The van der Waals surface area contributed by atoms with Gasteiger partial charge in [0.15, 0.2) is 11.6 Å². The molecule has 2 aromatic heterocycles. The number of aromatic nitrogens is 1. The highest BCUT2D eigenvalue weighted by Gasteiger charge is 2.60. The van der Waals surface area contributed by atoms with E-state index in [2.05, 4.69) is 122 Å². The molecule has 0 amide bonds. The van der Waals surface area contributed by atoms with E-state index in [9.17, 15) is 9.59 Å². The van der Waals surface area contributed by atoms with Gasteiger partial charge in [-0.25, -0.2) is 0 Å². The van der Waals surface area contributed by atoms with Crippen LogP contribution in [0.2, 0.25) is 0 Å². The minimum Gasteiger partial charge on any atom is -0.308 e. The molecule has 50 heavy (non-hydrogen) atoms. The van der Waals surface area contributed by atoms with Gasteiger partial charge in [0.25, 0.3) is 0 Å². The summed E-state index contributed by atoms with van der Waals surface area (Å²) in [7, 11) is 0. The number of benzene rings is 4. The number of fused-ring (bicyclic) bond motifs is 6. The van der Waals surface area contributed by atoms with E-state index in [1.807, 2.05) is 0 Å². The van der Waals surface area contributed by atoms with Gasteiger partial charge in [0, 0.05) is 43.5 Å². The van der Waals surface area contributed by atoms with Gasteiger partial charge in [-0.05, 0) is 130 Å². The highest BCUT2D eigenvalue weighted by atomic mass is 16.1. The number of carbonyl (C=O) groups is 2. The van der Waals surface area contributed by atoms with Crippen LogP contribution >= 0.6 is 0 Å². The summed E-state index contributed by atoms with van der Waals surface area (Å²) >= 11 is 0. The SMILES string of the molecule is CC(C)c1cc(C(C)C)c(-c2cc3c4cc5c(cc4n4c6cc7c(cc6c(c2)c34)C2(C)CC(C)(C2)C7=O)C(=O)C2(C)CC5(C)C2)c(C(C)C)c1. The van der Waals surface area contributed by atoms with Crippen molar-refractivity contribution in [2.75, 3.05) is 0 Å². The third kappa shape index (κ3) is 3.53. The van der Waals surface area contributed by atoms with Gasteiger partial charge in [-0.3, -0.25) is 9.59 Å². The molecule has 0 saturated heterocycles. The molecule has 0 spiro atoms. The topological polar surface area (TPSA) is 38.5 Å². The van der Waals surface area contributed by atoms with E-state index in [1.165, 1.54) is 66.0 Å². The summed E-state index contributed by atoms with van der Waals surface area (Å²) in [5.74, 6) is 1.79. The number of rotatable bonds is 4. The molecule has 0 unspecified atom stereocenters. The summed E-state index contributed by atoms with van der Waals surface area (Å²) in [5.41, 5.74) is 14.1. The van der Waals surface area contributed by atoms with Crippen molar-refractivity contribution in [3.05, 3.63) is 87.5 Å². The monoisotopic (exact) mass is 659 g/mol. The lowest BCUT2D eigenvalue weighted by Crippen LogP contribution is -2.55. The minimum atomic E-state index is -0.261. The second-order valence-electron chi connectivity index (χ2n) is 19.2. The Labute approximate surface area is 295 Å². The van der Waals surface area contributed by atoms with Gasteiger partial charge >= 0.3 is 0 Å². The minimum absolute atomic E-state index is 0.0305. The van der Waals surface area contributed by atoms with E-state index < -0.39 is 0 Å². The quantitative estimate of drug-likeness (QED) is 0.189. The second kappa shape index (κ2) is 9.08. The van der Waals surface area contributed by atoms with Crippen molar-refractivity contribution in [1.29, 1.82) is 0 Å². The number of Topliss-reactive ketones (excluding diaryl/α,β-unsaturated/α-hetero) is 2. The Bertz CT molecular complexity index is 2390. The van der Waals surface area contributed by atoms with Gasteiger partial charge in [0.2, 0.25) is 0 Å². The summed E-state index contributed by atoms with van der Waals surface area (Å²) in [6, 6.07) is 19.0. The lowest BCUT2D eigenvalue weighted by Gasteiger charge is -2.57. The Morgan fingerprint density at radius 3 is 1.32 bits per heavy atom. The molecule has 6 aromatic rings. The lowest BCUT2D eigenvalue weighted by molar-refractivity contribution is 0.0279. The van der Waals surface area contributed by atoms with Crippen molar-refractivity contribution < 1.29 is 9.59 Å². The van der Waals surface area contributed by atoms with E-state index in [1.54, 1.807) is 0 Å². The molecule has 4 bridgehead atoms. The summed E-state index contributed by atoms with van der Waals surface area (Å²) in [6.07, 6.45) is 3.72. The molecule has 6 aliphatic rings. The first-order valence-corrected chi connectivity index (χ1v) is 19.1. The van der Waals surface area contributed by atoms with Crippen LogP contribution in [0, 0.1) is 10.8 Å². The molecule has 3 heteroatoms. The Morgan fingerprint density at radius 2 is 0.940 bits per heavy atom. The number of hydrogen-bond acceptors (Lipinski definition) is 2. The number of carbonyl (C=O) groups excluding carboxylic acids is 2. The van der Waals surface area contributed by atoms with Gasteiger partial charge in [0.1, 0.15) is 0 Å². The lowest BCUT2D eigenvalue weighted by atomic mass is 9.45. The fourth-order valence-corrected chi connectivity index (χ4v) is 12.1. The Morgan fingerprint density at radius 1 is 0.520 bits per heavy atom. The second-order valence-corrected chi connectivity index (χ2v) is 19.2. The maximum Gasteiger partial charge on any atom is 0.169 e. The number of nitrogens with zero attached hydrogens (tertiary/aromatic N) is 1. The van der Waals surface area contributed by atoms with Crippen LogP contribution in [0.15, 0.2) is 48.5 Å². The zero-order chi connectivity index (χ0) is 35.2. The van der Waals surface area contributed by atoms with Crippen LogP contribution < -0.4 is 0 Å². The van der Waals surface area contributed by atoms with Gasteiger partial charge in [-0.2, -0.15) is 0 Å². The van der Waals surface area contributed by atoms with Crippen LogP contribution in [-0.4, -0.2) is 16.0 Å². The average Bonchev–Trinajstić information content (AvgIpc) is 3.53. The third-order valence-electron chi connectivity index (χ3n) is 14.1. The van der Waals surface area contributed by atoms with Crippen LogP contribution in [0.3, 0.4) is 0 Å². The summed E-state index contributed by atoms with van der Waals surface area (Å²) in [5, 5.41) is 4.94. The van der Waals surface area contributed by atoms with Crippen molar-refractivity contribution in [3.8, 4) is 11.1 Å². The molecular weight excluding hydrogens is 611 g/mol. The van der Waals surface area contributed by atoms with Gasteiger partial charge in [-0.1, -0.05) is 81.4 Å². The maximum absolute atomic E-state index is 14.0. The average molecular weight is 660 g/mol. The molecule has 0 N–H and O–H groups in total. The molecule has 254 valence electrons. The maximum atomic E-state index is 14.0. The van der Waals surface area contributed by atoms with E-state index >= 15 is 0 Å². The van der Waals surface area contributed by atoms with Gasteiger partial charge < -0.3 is 4.40 Å². The third-order valence-corrected chi connectivity index (χ3v) is 14.1. The molecule has 6 aliphatic carbocycles. The van der Waals surface area contributed by atoms with Crippen LogP contribution in [0.4, 0.5) is 0 Å². The highest BCUT2D eigenvalue weighted by Crippen LogP contribution is 2.64. The fourth-order valence-electron chi connectivity index (χ4n) is 12.1. The molecule has 4 aromatic carbocycles. The number of hydrogen-bond donors (Lipinski definition) is 0. The predicted molar refractivity (Wildman–Crippen MR) is 207 cm³/mol. The number of ketones is 2. The van der Waals surface area contributed by atoms with Gasteiger partial charge in [0.05, 0.1) is 16.6 Å². The first-order chi connectivity index (χ1) is 23.5. The highest BCUT2D eigenvalue weighted by molar-refractivity contribution is 6.26. The molecule has 0 radical (unpaired) electrons. The standard InChI is InChI=1S/C47H49NO2/c1-23(2)26-11-28(24(3)4)40(29(12-26)25(5)6)27-13-32-30-15-36-34(42(49)46(9)19-44(36,7)20-46)17-38(30)48-39-18-35-37(16-31(39)33(14-27)41(32)48)45(8)21-47(10,22-45)43(35)50/h11-18,23-25H,19-22H2,1-10H3. The summed E-state index contributed by atoms with van der Waals surface area (Å²) in [6.45, 7) is 23.0. The summed E-state index contributed by atoms with van der Waals surface area (Å²) in [4.78, 5) is 28.1. The smallest absolute Gasteiger partial charge is 0.169 e. The molecule has 2 saturated carbocycles. The van der Waals surface area contributed by atoms with Crippen LogP contribution in [0.5, 0.6) is 0 Å². The Hall–Kier alpha value is -3.98. The van der Waals surface area contributed by atoms with E-state index in [0.717, 1.165) is 47.8 Å². The van der Waals surface area contributed by atoms with E-state index in [4.69, 9.17) is 0 Å². The Balaban J connectivity index is 1.37. The molecule has 0 atom stereocenters.